The number of carbonyl (C=O) groups is 3. The minimum atomic E-state index is -1.92. The fourth-order valence-corrected chi connectivity index (χ4v) is 2.48. The lowest BCUT2D eigenvalue weighted by atomic mass is 9.84. The molecule has 0 unspecified atom stereocenters. The Morgan fingerprint density at radius 1 is 0.556 bits per heavy atom. The van der Waals surface area contributed by atoms with Crippen LogP contribution in [0.3, 0.4) is 0 Å². The van der Waals surface area contributed by atoms with Crippen molar-refractivity contribution in [3.05, 3.63) is 0 Å². The zero-order valence-corrected chi connectivity index (χ0v) is 14.3. The first kappa shape index (κ1) is 23.2. The summed E-state index contributed by atoms with van der Waals surface area (Å²) in [6.07, 6.45) is -12.3. The Morgan fingerprint density at radius 2 is 0.852 bits per heavy atom. The Balaban J connectivity index is 3.14. The number of hydrogen-bond acceptors (Lipinski definition) is 12. The topological polar surface area (TPSA) is 200 Å². The van der Waals surface area contributed by atoms with E-state index in [1.165, 1.54) is 0 Å². The molecule has 0 bridgehead atoms. The molecule has 1 fully saturated rings. The van der Waals surface area contributed by atoms with Gasteiger partial charge in [-0.15, -0.1) is 0 Å². The summed E-state index contributed by atoms with van der Waals surface area (Å²) < 4.78 is 14.8. The van der Waals surface area contributed by atoms with Crippen LogP contribution in [0, 0.1) is 0 Å². The largest absolute Gasteiger partial charge is 0.455 e. The number of aliphatic hydroxyl groups is 6. The second kappa shape index (κ2) is 11.1. The van der Waals surface area contributed by atoms with E-state index in [2.05, 4.69) is 0 Å². The molecule has 0 aromatic rings. The highest BCUT2D eigenvalue weighted by molar-refractivity contribution is 5.72. The average molecular weight is 396 g/mol. The fraction of sp³-hybridized carbons (Fsp3) is 0.800. The van der Waals surface area contributed by atoms with Crippen LogP contribution in [-0.2, 0) is 28.6 Å². The van der Waals surface area contributed by atoms with Crippen molar-refractivity contribution in [2.45, 2.75) is 55.9 Å². The maximum absolute atomic E-state index is 11.8. The first-order valence-electron chi connectivity index (χ1n) is 8.22. The summed E-state index contributed by atoms with van der Waals surface area (Å²) in [4.78, 5) is 35.1. The monoisotopic (exact) mass is 396 g/mol. The van der Waals surface area contributed by atoms with Gasteiger partial charge in [0.05, 0.1) is 39.1 Å². The average Bonchev–Trinajstić information content (AvgIpc) is 2.60. The number of aliphatic hydroxyl groups excluding tert-OH is 6. The molecule has 0 aromatic carbocycles. The first-order valence-corrected chi connectivity index (χ1v) is 8.22. The van der Waals surface area contributed by atoms with Crippen molar-refractivity contribution in [1.82, 2.24) is 0 Å². The zero-order chi connectivity index (χ0) is 20.6. The molecule has 27 heavy (non-hydrogen) atoms. The van der Waals surface area contributed by atoms with Gasteiger partial charge in [-0.05, 0) is 0 Å². The van der Waals surface area contributed by atoms with Crippen LogP contribution in [0.2, 0.25) is 0 Å². The maximum Gasteiger partial charge on any atom is 0.308 e. The lowest BCUT2D eigenvalue weighted by Crippen LogP contribution is -2.66. The van der Waals surface area contributed by atoms with Crippen molar-refractivity contribution in [2.24, 2.45) is 0 Å². The molecule has 1 aliphatic rings. The molecule has 0 amide bonds. The maximum atomic E-state index is 11.8. The molecule has 0 heterocycles. The van der Waals surface area contributed by atoms with Gasteiger partial charge in [-0.3, -0.25) is 14.4 Å². The number of carbonyl (C=O) groups excluding carboxylic acids is 3. The Labute approximate surface area is 153 Å². The molecule has 0 radical (unpaired) electrons. The Bertz CT molecular complexity index is 475. The van der Waals surface area contributed by atoms with E-state index in [-0.39, 0.29) is 0 Å². The standard InChI is InChI=1S/C15H24O12/c16-4-1-7(19)25-13-11(23)10(22)12(24)14(26-8(20)2-5-17)15(13)27-9(21)3-6-18/h10-18,22-24H,1-6H2/t10-,11-,12-,13+,14-,15-/m1/s1. The number of rotatable bonds is 9. The molecule has 0 aliphatic heterocycles. The van der Waals surface area contributed by atoms with Crippen LogP contribution in [0.15, 0.2) is 0 Å². The van der Waals surface area contributed by atoms with Crippen molar-refractivity contribution in [3.8, 4) is 0 Å². The van der Waals surface area contributed by atoms with Crippen molar-refractivity contribution < 1.29 is 59.2 Å². The van der Waals surface area contributed by atoms with Gasteiger partial charge in [0.15, 0.2) is 18.3 Å². The summed E-state index contributed by atoms with van der Waals surface area (Å²) in [7, 11) is 0. The summed E-state index contributed by atoms with van der Waals surface area (Å²) in [6.45, 7) is -1.73. The third-order valence-corrected chi connectivity index (χ3v) is 3.77. The van der Waals surface area contributed by atoms with Gasteiger partial charge in [0.2, 0.25) is 0 Å². The van der Waals surface area contributed by atoms with Crippen LogP contribution in [0.1, 0.15) is 19.3 Å². The number of ether oxygens (including phenoxy) is 3. The van der Waals surface area contributed by atoms with Gasteiger partial charge in [-0.2, -0.15) is 0 Å². The van der Waals surface area contributed by atoms with Crippen LogP contribution in [0.5, 0.6) is 0 Å². The minimum absolute atomic E-state index is 0.464. The van der Waals surface area contributed by atoms with Gasteiger partial charge < -0.3 is 44.8 Å². The molecule has 0 saturated heterocycles. The fourth-order valence-electron chi connectivity index (χ4n) is 2.48. The van der Waals surface area contributed by atoms with Gasteiger partial charge in [0, 0.05) is 0 Å². The van der Waals surface area contributed by atoms with E-state index >= 15 is 0 Å². The molecule has 1 saturated carbocycles. The zero-order valence-electron chi connectivity index (χ0n) is 14.3. The second-order valence-electron chi connectivity index (χ2n) is 5.76. The van der Waals surface area contributed by atoms with E-state index in [4.69, 9.17) is 29.5 Å². The van der Waals surface area contributed by atoms with Gasteiger partial charge in [-0.1, -0.05) is 0 Å². The molecule has 6 atom stereocenters. The Kier molecular flexibility index (Phi) is 9.55. The first-order chi connectivity index (χ1) is 12.8. The smallest absolute Gasteiger partial charge is 0.308 e. The van der Waals surface area contributed by atoms with Crippen LogP contribution in [0.4, 0.5) is 0 Å². The molecular weight excluding hydrogens is 372 g/mol. The Morgan fingerprint density at radius 3 is 1.15 bits per heavy atom. The summed E-state index contributed by atoms with van der Waals surface area (Å²) in [5.74, 6) is -3.02. The lowest BCUT2D eigenvalue weighted by Gasteiger charge is -2.44. The number of hydrogen-bond donors (Lipinski definition) is 6. The third kappa shape index (κ3) is 6.37. The molecule has 1 aliphatic carbocycles. The van der Waals surface area contributed by atoms with E-state index in [1.54, 1.807) is 0 Å². The highest BCUT2D eigenvalue weighted by Gasteiger charge is 2.55. The molecule has 156 valence electrons. The predicted octanol–water partition coefficient (Wildman–Crippen LogP) is -4.03. The molecule has 12 nitrogen and oxygen atoms in total. The quantitative estimate of drug-likeness (QED) is 0.163. The highest BCUT2D eigenvalue weighted by atomic mass is 16.6. The van der Waals surface area contributed by atoms with Crippen molar-refractivity contribution in [1.29, 1.82) is 0 Å². The normalized spacial score (nSPS) is 30.4. The minimum Gasteiger partial charge on any atom is -0.455 e. The molecular formula is C15H24O12. The van der Waals surface area contributed by atoms with Crippen LogP contribution >= 0.6 is 0 Å². The van der Waals surface area contributed by atoms with Crippen LogP contribution in [-0.4, -0.2) is 105 Å². The number of esters is 3. The van der Waals surface area contributed by atoms with Crippen molar-refractivity contribution >= 4 is 17.9 Å². The summed E-state index contributed by atoms with van der Waals surface area (Å²) in [5.41, 5.74) is 0. The van der Waals surface area contributed by atoms with Crippen molar-refractivity contribution in [3.63, 3.8) is 0 Å². The molecule has 0 spiro atoms. The lowest BCUT2D eigenvalue weighted by molar-refractivity contribution is -0.248. The SMILES string of the molecule is O=C(CCO)O[C@H]1[C@H](OC(=O)CCO)[C@H](O)[C@H](O)[C@@H](O)[C@@H]1OC(=O)CCO. The highest BCUT2D eigenvalue weighted by Crippen LogP contribution is 2.29. The van der Waals surface area contributed by atoms with E-state index in [0.29, 0.717) is 0 Å². The molecule has 0 aromatic heterocycles. The van der Waals surface area contributed by atoms with Gasteiger partial charge in [-0.25, -0.2) is 0 Å². The third-order valence-electron chi connectivity index (χ3n) is 3.77. The molecule has 12 heteroatoms. The van der Waals surface area contributed by atoms with Gasteiger partial charge >= 0.3 is 17.9 Å². The van der Waals surface area contributed by atoms with Crippen LogP contribution in [0.25, 0.3) is 0 Å². The van der Waals surface area contributed by atoms with Crippen molar-refractivity contribution in [2.75, 3.05) is 19.8 Å². The van der Waals surface area contributed by atoms with Gasteiger partial charge in [0.25, 0.3) is 0 Å². The summed E-state index contributed by atoms with van der Waals surface area (Å²) in [5, 5.41) is 56.6. The summed E-state index contributed by atoms with van der Waals surface area (Å²) in [6, 6.07) is 0. The van der Waals surface area contributed by atoms with E-state index in [9.17, 15) is 29.7 Å². The molecule has 1 rings (SSSR count). The van der Waals surface area contributed by atoms with E-state index in [1.807, 2.05) is 0 Å². The van der Waals surface area contributed by atoms with E-state index < -0.39 is 93.6 Å². The predicted molar refractivity (Wildman–Crippen MR) is 82.8 cm³/mol. The second-order valence-corrected chi connectivity index (χ2v) is 5.76. The Hall–Kier alpha value is -1.83. The molecule has 6 N–H and O–H groups in total. The van der Waals surface area contributed by atoms with Gasteiger partial charge in [0.1, 0.15) is 18.3 Å². The van der Waals surface area contributed by atoms with E-state index in [0.717, 1.165) is 0 Å². The summed E-state index contributed by atoms with van der Waals surface area (Å²) >= 11 is 0. The van der Waals surface area contributed by atoms with Crippen LogP contribution < -0.4 is 0 Å².